The van der Waals surface area contributed by atoms with E-state index in [4.69, 9.17) is 9.47 Å². The molecule has 0 spiro atoms. The van der Waals surface area contributed by atoms with Crippen molar-refractivity contribution in [2.75, 3.05) is 4.90 Å². The zero-order valence-electron chi connectivity index (χ0n) is 28.1. The molecular formula is C46H33NO2Sn. The Balaban J connectivity index is 1.39. The third-order valence-corrected chi connectivity index (χ3v) is 25.1. The second-order valence-electron chi connectivity index (χ2n) is 14.9. The Labute approximate surface area is 295 Å². The SMILES string of the molecule is CC(C)(C)c1ccc(N2c3cc4ccccc4c4[c]3[Sn]3([c]5ccccc5)[c]5c(cc6ccccc6c5Oc5[c]3c2cc2ccccc52)O4)cc1. The normalized spacial score (nSPS) is 16.7. The molecule has 50 heavy (non-hydrogen) atoms. The molecule has 4 heteroatoms. The summed E-state index contributed by atoms with van der Waals surface area (Å²) in [5.41, 5.74) is 4.92. The fourth-order valence-electron chi connectivity index (χ4n) is 8.95. The van der Waals surface area contributed by atoms with Crippen LogP contribution in [0.5, 0.6) is 23.0 Å². The average molecular weight is 750 g/mol. The van der Waals surface area contributed by atoms with E-state index in [0.29, 0.717) is 0 Å². The molecule has 0 aromatic heterocycles. The van der Waals surface area contributed by atoms with Crippen molar-refractivity contribution in [3.05, 3.63) is 151 Å². The van der Waals surface area contributed by atoms with Gasteiger partial charge in [0.2, 0.25) is 0 Å². The van der Waals surface area contributed by atoms with E-state index in [1.165, 1.54) is 42.0 Å². The maximum absolute atomic E-state index is 7.40. The third kappa shape index (κ3) is 3.60. The summed E-state index contributed by atoms with van der Waals surface area (Å²) in [6.45, 7) is 6.83. The number of ether oxygens (including phenoxy) is 2. The first kappa shape index (κ1) is 28.6. The molecule has 0 fully saturated rings. The number of hydrogen-bond donors (Lipinski definition) is 0. The molecule has 0 saturated carbocycles. The topological polar surface area (TPSA) is 21.7 Å². The molecule has 0 saturated heterocycles. The van der Waals surface area contributed by atoms with Crippen LogP contribution in [0.1, 0.15) is 26.3 Å². The fourth-order valence-corrected chi connectivity index (χ4v) is 24.7. The van der Waals surface area contributed by atoms with Crippen LogP contribution >= 0.6 is 0 Å². The first-order valence-electron chi connectivity index (χ1n) is 17.4. The van der Waals surface area contributed by atoms with Gasteiger partial charge in [-0.1, -0.05) is 0 Å². The van der Waals surface area contributed by atoms with Crippen molar-refractivity contribution >= 4 is 82.1 Å². The number of benzene rings is 8. The van der Waals surface area contributed by atoms with Crippen molar-refractivity contribution in [1.82, 2.24) is 0 Å². The van der Waals surface area contributed by atoms with Gasteiger partial charge in [-0.3, -0.25) is 0 Å². The van der Waals surface area contributed by atoms with Crippen molar-refractivity contribution in [2.24, 2.45) is 0 Å². The van der Waals surface area contributed by atoms with Gasteiger partial charge < -0.3 is 0 Å². The van der Waals surface area contributed by atoms with Crippen LogP contribution in [0.4, 0.5) is 17.1 Å². The Morgan fingerprint density at radius 2 is 0.960 bits per heavy atom. The van der Waals surface area contributed by atoms with Gasteiger partial charge in [-0.25, -0.2) is 0 Å². The van der Waals surface area contributed by atoms with Crippen LogP contribution in [0.3, 0.4) is 0 Å². The molecule has 8 aromatic carbocycles. The monoisotopic (exact) mass is 751 g/mol. The zero-order valence-corrected chi connectivity index (χ0v) is 31.0. The molecule has 3 heterocycles. The Bertz CT molecular complexity index is 2730. The van der Waals surface area contributed by atoms with E-state index >= 15 is 0 Å². The minimum atomic E-state index is -4.30. The van der Waals surface area contributed by atoms with Crippen molar-refractivity contribution in [3.8, 4) is 23.0 Å². The van der Waals surface area contributed by atoms with E-state index in [0.717, 1.165) is 50.2 Å². The van der Waals surface area contributed by atoms with E-state index in [1.54, 1.807) is 0 Å². The van der Waals surface area contributed by atoms with Gasteiger partial charge in [-0.05, 0) is 0 Å². The van der Waals surface area contributed by atoms with Crippen molar-refractivity contribution in [2.45, 2.75) is 26.2 Å². The number of rotatable bonds is 2. The minimum absolute atomic E-state index is 0.0497. The molecule has 0 aliphatic carbocycles. The number of fused-ring (bicyclic) bond motifs is 6. The summed E-state index contributed by atoms with van der Waals surface area (Å²) in [5, 5.41) is 6.91. The van der Waals surface area contributed by atoms with E-state index in [1.807, 2.05) is 0 Å². The molecule has 0 amide bonds. The average Bonchev–Trinajstić information content (AvgIpc) is 3.14. The van der Waals surface area contributed by atoms with Crippen LogP contribution in [0.15, 0.2) is 146 Å². The molecule has 3 aliphatic heterocycles. The van der Waals surface area contributed by atoms with Crippen LogP contribution in [0.25, 0.3) is 32.3 Å². The number of hydrogen-bond acceptors (Lipinski definition) is 3. The third-order valence-electron chi connectivity index (χ3n) is 11.1. The predicted octanol–water partition coefficient (Wildman–Crippen LogP) is 9.82. The Morgan fingerprint density at radius 1 is 0.480 bits per heavy atom. The standard InChI is InChI=1S/C40H28NO2.C6H5.Sn/c1-40(2,3)29-16-18-30(19-17-29)41-31-20-26-10-4-7-13-34(26)37(23-31)42-33-22-28-12-6-9-15-36(28)39(25-33)43-38-24-32(41)21-27-11-5-8-14-35(27)38;1-2-4-6-5-3-1;/h4-22H,1-3H3;1-5H;. The summed E-state index contributed by atoms with van der Waals surface area (Å²) < 4.78 is 20.1. The molecule has 0 radical (unpaired) electrons. The molecular weight excluding hydrogens is 717 g/mol. The summed E-state index contributed by atoms with van der Waals surface area (Å²) in [6, 6.07) is 53.8. The van der Waals surface area contributed by atoms with E-state index < -0.39 is 18.4 Å². The summed E-state index contributed by atoms with van der Waals surface area (Å²) in [4.78, 5) is 2.50. The first-order chi connectivity index (χ1) is 24.4. The first-order valence-corrected chi connectivity index (χ1v) is 23.1. The van der Waals surface area contributed by atoms with E-state index in [2.05, 4.69) is 171 Å². The molecule has 3 nitrogen and oxygen atoms in total. The molecule has 0 bridgehead atoms. The van der Waals surface area contributed by atoms with Crippen LogP contribution < -0.4 is 28.7 Å². The quantitative estimate of drug-likeness (QED) is 0.164. The summed E-state index contributed by atoms with van der Waals surface area (Å²) >= 11 is -4.30. The van der Waals surface area contributed by atoms with Crippen molar-refractivity contribution in [1.29, 1.82) is 0 Å². The molecule has 8 aromatic rings. The van der Waals surface area contributed by atoms with Gasteiger partial charge in [0.25, 0.3) is 0 Å². The summed E-state index contributed by atoms with van der Waals surface area (Å²) in [7, 11) is 0. The van der Waals surface area contributed by atoms with Gasteiger partial charge in [0, 0.05) is 0 Å². The predicted molar refractivity (Wildman–Crippen MR) is 210 cm³/mol. The zero-order chi connectivity index (χ0) is 33.4. The van der Waals surface area contributed by atoms with Gasteiger partial charge >= 0.3 is 297 Å². The molecule has 1 atom stereocenters. The molecule has 238 valence electrons. The second-order valence-corrected chi connectivity index (χ2v) is 25.1. The fraction of sp³-hybridized carbons (Fsp3) is 0.0870. The van der Waals surface area contributed by atoms with Gasteiger partial charge in [-0.2, -0.15) is 0 Å². The molecule has 1 unspecified atom stereocenters. The van der Waals surface area contributed by atoms with E-state index in [-0.39, 0.29) is 5.41 Å². The number of nitrogens with zero attached hydrogens (tertiary/aromatic N) is 1. The Hall–Kier alpha value is -5.26. The Kier molecular flexibility index (Phi) is 5.67. The van der Waals surface area contributed by atoms with Gasteiger partial charge in [0.05, 0.1) is 0 Å². The van der Waals surface area contributed by atoms with Crippen LogP contribution in [-0.2, 0) is 5.41 Å². The molecule has 11 rings (SSSR count). The second kappa shape index (κ2) is 9.92. The summed E-state index contributed by atoms with van der Waals surface area (Å²) in [6.07, 6.45) is 0. The molecule has 3 aliphatic rings. The van der Waals surface area contributed by atoms with Crippen LogP contribution in [0.2, 0.25) is 0 Å². The number of anilines is 3. The van der Waals surface area contributed by atoms with Crippen molar-refractivity contribution in [3.63, 3.8) is 0 Å². The van der Waals surface area contributed by atoms with Crippen LogP contribution in [-0.4, -0.2) is 18.4 Å². The van der Waals surface area contributed by atoms with Gasteiger partial charge in [-0.15, -0.1) is 0 Å². The van der Waals surface area contributed by atoms with E-state index in [9.17, 15) is 0 Å². The van der Waals surface area contributed by atoms with Gasteiger partial charge in [0.15, 0.2) is 0 Å². The Morgan fingerprint density at radius 3 is 1.52 bits per heavy atom. The maximum atomic E-state index is 7.40. The van der Waals surface area contributed by atoms with Crippen molar-refractivity contribution < 1.29 is 9.47 Å². The molecule has 0 N–H and O–H groups in total. The summed E-state index contributed by atoms with van der Waals surface area (Å²) in [5.74, 6) is 3.88. The van der Waals surface area contributed by atoms with Gasteiger partial charge in [0.1, 0.15) is 0 Å². The van der Waals surface area contributed by atoms with Crippen LogP contribution in [0, 0.1) is 0 Å².